The molecule has 1 atom stereocenters. The number of hydrogen-bond acceptors (Lipinski definition) is 4. The number of nitrogens with zero attached hydrogens (tertiary/aromatic N) is 2. The van der Waals surface area contributed by atoms with E-state index in [0.29, 0.717) is 18.4 Å². The van der Waals surface area contributed by atoms with Crippen LogP contribution in [0.5, 0.6) is 0 Å². The first-order chi connectivity index (χ1) is 14.4. The zero-order chi connectivity index (χ0) is 21.4. The Hall–Kier alpha value is -3.40. The molecular weight excluding hydrogens is 380 g/mol. The zero-order valence-electron chi connectivity index (χ0n) is 16.9. The van der Waals surface area contributed by atoms with E-state index in [0.717, 1.165) is 34.9 Å². The third kappa shape index (κ3) is 3.28. The average molecular weight is 404 g/mol. The lowest BCUT2D eigenvalue weighted by atomic mass is 9.83. The van der Waals surface area contributed by atoms with Gasteiger partial charge in [0.2, 0.25) is 5.91 Å². The molecule has 7 heteroatoms. The van der Waals surface area contributed by atoms with Crippen molar-refractivity contribution >= 4 is 28.6 Å². The lowest BCUT2D eigenvalue weighted by molar-refractivity contribution is -0.135. The van der Waals surface area contributed by atoms with Gasteiger partial charge in [0.25, 0.3) is 5.91 Å². The minimum absolute atomic E-state index is 0.408. The Bertz CT molecular complexity index is 1060. The van der Waals surface area contributed by atoms with Crippen LogP contribution in [0.3, 0.4) is 0 Å². The van der Waals surface area contributed by atoms with Gasteiger partial charge in [-0.2, -0.15) is 5.26 Å². The van der Waals surface area contributed by atoms with Crippen LogP contribution in [-0.2, 0) is 15.1 Å². The Balaban J connectivity index is 1.57. The van der Waals surface area contributed by atoms with Crippen molar-refractivity contribution in [2.45, 2.75) is 50.1 Å². The van der Waals surface area contributed by atoms with E-state index in [4.69, 9.17) is 0 Å². The second kappa shape index (κ2) is 7.45. The van der Waals surface area contributed by atoms with Gasteiger partial charge in [0, 0.05) is 0 Å². The summed E-state index contributed by atoms with van der Waals surface area (Å²) in [6, 6.07) is 14.9. The molecule has 1 saturated carbocycles. The molecule has 0 aromatic heterocycles. The van der Waals surface area contributed by atoms with Crippen LogP contribution in [0.4, 0.5) is 4.79 Å². The van der Waals surface area contributed by atoms with Crippen molar-refractivity contribution in [1.29, 1.82) is 5.26 Å². The van der Waals surface area contributed by atoms with Gasteiger partial charge in [0.15, 0.2) is 0 Å². The molecule has 0 spiro atoms. The van der Waals surface area contributed by atoms with Crippen molar-refractivity contribution in [2.24, 2.45) is 0 Å². The van der Waals surface area contributed by atoms with Gasteiger partial charge < -0.3 is 10.6 Å². The lowest BCUT2D eigenvalue weighted by Crippen LogP contribution is -2.52. The van der Waals surface area contributed by atoms with E-state index in [1.165, 1.54) is 0 Å². The van der Waals surface area contributed by atoms with Crippen LogP contribution in [0.2, 0.25) is 0 Å². The van der Waals surface area contributed by atoms with Gasteiger partial charge in [-0.1, -0.05) is 61.7 Å². The molecule has 0 radical (unpaired) electrons. The summed E-state index contributed by atoms with van der Waals surface area (Å²) in [5, 5.41) is 16.9. The summed E-state index contributed by atoms with van der Waals surface area (Å²) >= 11 is 0. The smallest absolute Gasteiger partial charge is 0.325 e. The van der Waals surface area contributed by atoms with Gasteiger partial charge in [-0.05, 0) is 36.1 Å². The number of benzene rings is 2. The van der Waals surface area contributed by atoms with Gasteiger partial charge in [-0.15, -0.1) is 0 Å². The highest BCUT2D eigenvalue weighted by molar-refractivity contribution is 6.10. The van der Waals surface area contributed by atoms with E-state index < -0.39 is 35.5 Å². The number of urea groups is 1. The number of amides is 4. The van der Waals surface area contributed by atoms with Crippen LogP contribution < -0.4 is 10.6 Å². The third-order valence-electron chi connectivity index (χ3n) is 6.20. The molecule has 7 nitrogen and oxygen atoms in total. The molecule has 2 fully saturated rings. The van der Waals surface area contributed by atoms with Crippen molar-refractivity contribution in [3.05, 3.63) is 48.0 Å². The minimum atomic E-state index is -1.27. The number of carbonyl (C=O) groups is 3. The predicted molar refractivity (Wildman–Crippen MR) is 111 cm³/mol. The highest BCUT2D eigenvalue weighted by Gasteiger charge is 2.50. The van der Waals surface area contributed by atoms with Crippen LogP contribution >= 0.6 is 0 Å². The molecule has 4 amide bonds. The first-order valence-electron chi connectivity index (χ1n) is 10.2. The molecule has 1 heterocycles. The fourth-order valence-electron chi connectivity index (χ4n) is 4.55. The monoisotopic (exact) mass is 404 g/mol. The van der Waals surface area contributed by atoms with E-state index in [1.807, 2.05) is 42.5 Å². The maximum Gasteiger partial charge on any atom is 0.325 e. The van der Waals surface area contributed by atoms with Crippen LogP contribution in [-0.4, -0.2) is 34.8 Å². The number of carbonyl (C=O) groups excluding carboxylic acids is 3. The van der Waals surface area contributed by atoms with Gasteiger partial charge in [0.1, 0.15) is 17.6 Å². The van der Waals surface area contributed by atoms with Crippen molar-refractivity contribution in [2.75, 3.05) is 6.54 Å². The minimum Gasteiger partial charge on any atom is -0.336 e. The molecule has 0 bridgehead atoms. The Kier molecular flexibility index (Phi) is 4.94. The standard InChI is InChI=1S/C23H24N4O3/c1-22(18-11-7-9-16-8-3-4-10-17(16)18)20(29)27(21(30)26-22)14-19(28)25-23(15-24)12-5-2-6-13-23/h3-4,7-11H,2,5-6,12-14H2,1H3,(H,25,28)(H,26,30). The molecule has 1 saturated heterocycles. The Labute approximate surface area is 175 Å². The molecule has 2 N–H and O–H groups in total. The van der Waals surface area contributed by atoms with Crippen LogP contribution in [0.15, 0.2) is 42.5 Å². The Morgan fingerprint density at radius 3 is 2.57 bits per heavy atom. The number of nitriles is 1. The molecule has 2 aromatic carbocycles. The van der Waals surface area contributed by atoms with Crippen molar-refractivity contribution in [3.63, 3.8) is 0 Å². The Morgan fingerprint density at radius 1 is 1.13 bits per heavy atom. The number of rotatable bonds is 4. The quantitative estimate of drug-likeness (QED) is 0.765. The molecule has 2 aliphatic rings. The second-order valence-corrected chi connectivity index (χ2v) is 8.28. The van der Waals surface area contributed by atoms with E-state index in [9.17, 15) is 19.6 Å². The molecule has 4 rings (SSSR count). The highest BCUT2D eigenvalue weighted by Crippen LogP contribution is 2.34. The molecule has 2 aromatic rings. The van der Waals surface area contributed by atoms with Gasteiger partial charge >= 0.3 is 6.03 Å². The van der Waals surface area contributed by atoms with Gasteiger partial charge in [-0.25, -0.2) is 4.79 Å². The summed E-state index contributed by atoms with van der Waals surface area (Å²) in [6.07, 6.45) is 3.95. The van der Waals surface area contributed by atoms with Crippen LogP contribution in [0, 0.1) is 11.3 Å². The largest absolute Gasteiger partial charge is 0.336 e. The Morgan fingerprint density at radius 2 is 1.83 bits per heavy atom. The first kappa shape index (κ1) is 19.9. The molecule has 1 aliphatic heterocycles. The zero-order valence-corrected chi connectivity index (χ0v) is 16.9. The summed E-state index contributed by atoms with van der Waals surface area (Å²) in [6.45, 7) is 1.25. The van der Waals surface area contributed by atoms with E-state index >= 15 is 0 Å². The van der Waals surface area contributed by atoms with Crippen LogP contribution in [0.25, 0.3) is 10.8 Å². The molecule has 154 valence electrons. The van der Waals surface area contributed by atoms with Crippen molar-refractivity contribution in [1.82, 2.24) is 15.5 Å². The SMILES string of the molecule is CC1(c2cccc3ccccc23)NC(=O)N(CC(=O)NC2(C#N)CCCCC2)C1=O. The number of hydrogen-bond donors (Lipinski definition) is 2. The average Bonchev–Trinajstić information content (AvgIpc) is 2.97. The van der Waals surface area contributed by atoms with Crippen LogP contribution in [0.1, 0.15) is 44.6 Å². The molecule has 30 heavy (non-hydrogen) atoms. The number of nitrogens with one attached hydrogen (secondary N) is 2. The van der Waals surface area contributed by atoms with Crippen molar-refractivity contribution in [3.8, 4) is 6.07 Å². The maximum absolute atomic E-state index is 13.3. The molecule has 1 unspecified atom stereocenters. The molecular formula is C23H24N4O3. The molecule has 1 aliphatic carbocycles. The fraction of sp³-hybridized carbons (Fsp3) is 0.391. The van der Waals surface area contributed by atoms with Crippen molar-refractivity contribution < 1.29 is 14.4 Å². The topological polar surface area (TPSA) is 102 Å². The second-order valence-electron chi connectivity index (χ2n) is 8.28. The first-order valence-corrected chi connectivity index (χ1v) is 10.2. The van der Waals surface area contributed by atoms with E-state index in [2.05, 4.69) is 16.7 Å². The summed E-state index contributed by atoms with van der Waals surface area (Å²) < 4.78 is 0. The maximum atomic E-state index is 13.3. The predicted octanol–water partition coefficient (Wildman–Crippen LogP) is 2.95. The van der Waals surface area contributed by atoms with E-state index in [-0.39, 0.29) is 0 Å². The number of imide groups is 1. The third-order valence-corrected chi connectivity index (χ3v) is 6.20. The number of fused-ring (bicyclic) bond motifs is 1. The summed E-state index contributed by atoms with van der Waals surface area (Å²) in [4.78, 5) is 39.5. The summed E-state index contributed by atoms with van der Waals surface area (Å²) in [5.74, 6) is -0.974. The van der Waals surface area contributed by atoms with Gasteiger partial charge in [-0.3, -0.25) is 14.5 Å². The summed E-state index contributed by atoms with van der Waals surface area (Å²) in [7, 11) is 0. The van der Waals surface area contributed by atoms with E-state index in [1.54, 1.807) is 6.92 Å². The summed E-state index contributed by atoms with van der Waals surface area (Å²) in [5.41, 5.74) is -1.49. The fourth-order valence-corrected chi connectivity index (χ4v) is 4.55. The highest BCUT2D eigenvalue weighted by atomic mass is 16.2. The van der Waals surface area contributed by atoms with Gasteiger partial charge in [0.05, 0.1) is 6.07 Å². The lowest BCUT2D eigenvalue weighted by Gasteiger charge is -2.32. The normalized spacial score (nSPS) is 23.1.